The average Bonchev–Trinajstić information content (AvgIpc) is 2.67. The topological polar surface area (TPSA) is 41.5 Å². The third-order valence-electron chi connectivity index (χ3n) is 4.48. The average molecular weight is 353 g/mol. The van der Waals surface area contributed by atoms with Crippen molar-refractivity contribution in [1.29, 1.82) is 0 Å². The zero-order valence-electron chi connectivity index (χ0n) is 14.9. The molecule has 0 radical (unpaired) electrons. The molecule has 2 N–H and O–H groups in total. The van der Waals surface area contributed by atoms with Gasteiger partial charge in [-0.2, -0.15) is 0 Å². The molecular formula is C22H24FNO2. The minimum atomic E-state index is -0.654. The fraction of sp³-hybridized carbons (Fsp3) is 0.273. The summed E-state index contributed by atoms with van der Waals surface area (Å²) in [6.07, 6.45) is -0.654. The van der Waals surface area contributed by atoms with Crippen LogP contribution >= 0.6 is 0 Å². The number of hydrogen-bond donors (Lipinski definition) is 2. The third kappa shape index (κ3) is 4.67. The summed E-state index contributed by atoms with van der Waals surface area (Å²) in [5.74, 6) is -0.287. The van der Waals surface area contributed by atoms with Gasteiger partial charge in [0.2, 0.25) is 0 Å². The number of halogens is 1. The van der Waals surface area contributed by atoms with E-state index >= 15 is 0 Å². The first-order chi connectivity index (χ1) is 12.6. The summed E-state index contributed by atoms with van der Waals surface area (Å²) in [6.45, 7) is 2.79. The second-order valence-corrected chi connectivity index (χ2v) is 6.46. The Balaban J connectivity index is 1.49. The predicted molar refractivity (Wildman–Crippen MR) is 102 cm³/mol. The van der Waals surface area contributed by atoms with E-state index in [2.05, 4.69) is 36.5 Å². The second kappa shape index (κ2) is 8.90. The van der Waals surface area contributed by atoms with Crippen LogP contribution in [0.15, 0.2) is 66.7 Å². The van der Waals surface area contributed by atoms with Crippen molar-refractivity contribution in [2.75, 3.05) is 13.2 Å². The Bertz CT molecular complexity index is 847. The van der Waals surface area contributed by atoms with Crippen molar-refractivity contribution in [1.82, 2.24) is 5.32 Å². The summed E-state index contributed by atoms with van der Waals surface area (Å²) >= 11 is 0. The fourth-order valence-corrected chi connectivity index (χ4v) is 3.03. The SMILES string of the molecule is CC(NCC(O)COCc1ccccc1F)c1cccc2ccccc12. The molecule has 26 heavy (non-hydrogen) atoms. The lowest BCUT2D eigenvalue weighted by molar-refractivity contribution is 0.0268. The molecule has 2 unspecified atom stereocenters. The molecule has 0 saturated heterocycles. The number of rotatable bonds is 8. The molecule has 0 aliphatic rings. The van der Waals surface area contributed by atoms with Crippen LogP contribution in [-0.4, -0.2) is 24.4 Å². The Kier molecular flexibility index (Phi) is 6.34. The Morgan fingerprint density at radius 1 is 1.00 bits per heavy atom. The fourth-order valence-electron chi connectivity index (χ4n) is 3.03. The molecule has 0 amide bonds. The number of aliphatic hydroxyl groups is 1. The normalized spacial score (nSPS) is 13.7. The molecular weight excluding hydrogens is 329 g/mol. The van der Waals surface area contributed by atoms with E-state index in [1.165, 1.54) is 22.4 Å². The van der Waals surface area contributed by atoms with Gasteiger partial charge in [-0.25, -0.2) is 4.39 Å². The maximum Gasteiger partial charge on any atom is 0.128 e. The number of hydrogen-bond acceptors (Lipinski definition) is 3. The minimum Gasteiger partial charge on any atom is -0.389 e. The van der Waals surface area contributed by atoms with Gasteiger partial charge in [0.15, 0.2) is 0 Å². The van der Waals surface area contributed by atoms with Gasteiger partial charge in [0.1, 0.15) is 5.82 Å². The van der Waals surface area contributed by atoms with Crippen LogP contribution in [0.2, 0.25) is 0 Å². The Morgan fingerprint density at radius 2 is 1.73 bits per heavy atom. The van der Waals surface area contributed by atoms with Crippen molar-refractivity contribution in [3.63, 3.8) is 0 Å². The molecule has 0 bridgehead atoms. The van der Waals surface area contributed by atoms with E-state index in [-0.39, 0.29) is 25.1 Å². The van der Waals surface area contributed by atoms with Gasteiger partial charge < -0.3 is 15.2 Å². The molecule has 3 aromatic carbocycles. The molecule has 0 heterocycles. The van der Waals surface area contributed by atoms with Crippen molar-refractivity contribution in [3.05, 3.63) is 83.7 Å². The van der Waals surface area contributed by atoms with Crippen LogP contribution in [0.25, 0.3) is 10.8 Å². The summed E-state index contributed by atoms with van der Waals surface area (Å²) in [6, 6.07) is 21.1. The third-order valence-corrected chi connectivity index (χ3v) is 4.48. The van der Waals surface area contributed by atoms with Gasteiger partial charge in [-0.1, -0.05) is 60.7 Å². The standard InChI is InChI=1S/C22H24FNO2/c1-16(20-11-6-9-17-7-2-4-10-21(17)20)24-13-19(25)15-26-14-18-8-3-5-12-22(18)23/h2-12,16,19,24-25H,13-15H2,1H3. The number of aliphatic hydroxyl groups excluding tert-OH is 1. The van der Waals surface area contributed by atoms with Crippen molar-refractivity contribution < 1.29 is 14.2 Å². The second-order valence-electron chi connectivity index (χ2n) is 6.46. The lowest BCUT2D eigenvalue weighted by Gasteiger charge is -2.19. The van der Waals surface area contributed by atoms with Gasteiger partial charge in [-0.05, 0) is 29.3 Å². The predicted octanol–water partition coefficient (Wildman–Crippen LogP) is 4.21. The van der Waals surface area contributed by atoms with Gasteiger partial charge in [0.05, 0.1) is 19.3 Å². The lowest BCUT2D eigenvalue weighted by atomic mass is 9.99. The number of fused-ring (bicyclic) bond motifs is 1. The summed E-state index contributed by atoms with van der Waals surface area (Å²) in [4.78, 5) is 0. The van der Waals surface area contributed by atoms with Crippen LogP contribution in [0.1, 0.15) is 24.1 Å². The minimum absolute atomic E-state index is 0.0994. The number of benzene rings is 3. The van der Waals surface area contributed by atoms with E-state index in [1.807, 2.05) is 18.2 Å². The monoisotopic (exact) mass is 353 g/mol. The van der Waals surface area contributed by atoms with Crippen LogP contribution in [0, 0.1) is 5.82 Å². The first kappa shape index (κ1) is 18.5. The van der Waals surface area contributed by atoms with Crippen molar-refractivity contribution in [3.8, 4) is 0 Å². The van der Waals surface area contributed by atoms with Crippen molar-refractivity contribution in [2.24, 2.45) is 0 Å². The van der Waals surface area contributed by atoms with Gasteiger partial charge in [0.25, 0.3) is 0 Å². The zero-order valence-corrected chi connectivity index (χ0v) is 14.9. The van der Waals surface area contributed by atoms with Crippen molar-refractivity contribution >= 4 is 10.8 Å². The Labute approximate surface area is 153 Å². The van der Waals surface area contributed by atoms with Crippen molar-refractivity contribution in [2.45, 2.75) is 25.7 Å². The Hall–Kier alpha value is -2.27. The van der Waals surface area contributed by atoms with E-state index in [0.29, 0.717) is 12.1 Å². The summed E-state index contributed by atoms with van der Waals surface area (Å²) in [5, 5.41) is 15.9. The van der Waals surface area contributed by atoms with Gasteiger partial charge >= 0.3 is 0 Å². The van der Waals surface area contributed by atoms with Gasteiger partial charge in [0, 0.05) is 18.2 Å². The van der Waals surface area contributed by atoms with E-state index in [4.69, 9.17) is 4.74 Å². The molecule has 0 aliphatic heterocycles. The molecule has 3 aromatic rings. The highest BCUT2D eigenvalue weighted by molar-refractivity contribution is 5.86. The summed E-state index contributed by atoms with van der Waals surface area (Å²) in [5.41, 5.74) is 1.69. The molecule has 3 rings (SSSR count). The highest BCUT2D eigenvalue weighted by atomic mass is 19.1. The summed E-state index contributed by atoms with van der Waals surface area (Å²) < 4.78 is 19.0. The van der Waals surface area contributed by atoms with Gasteiger partial charge in [-0.3, -0.25) is 0 Å². The quantitative estimate of drug-likeness (QED) is 0.637. The molecule has 3 nitrogen and oxygen atoms in total. The number of nitrogens with one attached hydrogen (secondary N) is 1. The molecule has 0 saturated carbocycles. The van der Waals surface area contributed by atoms with E-state index in [1.54, 1.807) is 18.2 Å². The maximum atomic E-state index is 13.5. The molecule has 0 spiro atoms. The zero-order chi connectivity index (χ0) is 18.4. The molecule has 2 atom stereocenters. The first-order valence-corrected chi connectivity index (χ1v) is 8.85. The molecule has 0 fully saturated rings. The molecule has 4 heteroatoms. The van der Waals surface area contributed by atoms with Crippen LogP contribution in [0.4, 0.5) is 4.39 Å². The summed E-state index contributed by atoms with van der Waals surface area (Å²) in [7, 11) is 0. The lowest BCUT2D eigenvalue weighted by Crippen LogP contribution is -2.32. The van der Waals surface area contributed by atoms with E-state index in [9.17, 15) is 9.50 Å². The smallest absolute Gasteiger partial charge is 0.128 e. The van der Waals surface area contributed by atoms with Crippen LogP contribution in [-0.2, 0) is 11.3 Å². The van der Waals surface area contributed by atoms with Crippen LogP contribution in [0.5, 0.6) is 0 Å². The van der Waals surface area contributed by atoms with Crippen LogP contribution in [0.3, 0.4) is 0 Å². The maximum absolute atomic E-state index is 13.5. The highest BCUT2D eigenvalue weighted by Crippen LogP contribution is 2.23. The van der Waals surface area contributed by atoms with Gasteiger partial charge in [-0.15, -0.1) is 0 Å². The number of ether oxygens (including phenoxy) is 1. The molecule has 0 aliphatic carbocycles. The van der Waals surface area contributed by atoms with E-state index < -0.39 is 6.10 Å². The highest BCUT2D eigenvalue weighted by Gasteiger charge is 2.12. The van der Waals surface area contributed by atoms with E-state index in [0.717, 1.165) is 0 Å². The van der Waals surface area contributed by atoms with Crippen LogP contribution < -0.4 is 5.32 Å². The first-order valence-electron chi connectivity index (χ1n) is 8.85. The Morgan fingerprint density at radius 3 is 2.58 bits per heavy atom. The molecule has 0 aromatic heterocycles. The largest absolute Gasteiger partial charge is 0.389 e. The molecule has 136 valence electrons.